The van der Waals surface area contributed by atoms with E-state index in [4.69, 9.17) is 9.47 Å². The summed E-state index contributed by atoms with van der Waals surface area (Å²) >= 11 is 0. The lowest BCUT2D eigenvalue weighted by Crippen LogP contribution is -2.46. The molecule has 5 atom stereocenters. The number of allylic oxidation sites excluding steroid dienone is 2. The largest absolute Gasteiger partial charge is 0.468 e. The van der Waals surface area contributed by atoms with Crippen molar-refractivity contribution in [3.8, 4) is 0 Å². The Morgan fingerprint density at radius 3 is 2.25 bits per heavy atom. The predicted octanol–water partition coefficient (Wildman–Crippen LogP) is 2.94. The van der Waals surface area contributed by atoms with Crippen LogP contribution in [0.4, 0.5) is 0 Å². The molecular formula is C20H22O4. The molecule has 126 valence electrons. The number of fused-ring (bicyclic) bond motifs is 5. The molecule has 3 aliphatic carbocycles. The van der Waals surface area contributed by atoms with Gasteiger partial charge in [0.25, 0.3) is 0 Å². The van der Waals surface area contributed by atoms with Gasteiger partial charge in [-0.1, -0.05) is 42.5 Å². The Balaban J connectivity index is 1.85. The second-order valence-corrected chi connectivity index (χ2v) is 7.23. The fourth-order valence-electron chi connectivity index (χ4n) is 5.65. The third-order valence-corrected chi connectivity index (χ3v) is 6.42. The molecule has 0 saturated heterocycles. The minimum Gasteiger partial charge on any atom is -0.468 e. The molecule has 24 heavy (non-hydrogen) atoms. The van der Waals surface area contributed by atoms with E-state index in [0.29, 0.717) is 18.3 Å². The highest BCUT2D eigenvalue weighted by atomic mass is 16.5. The summed E-state index contributed by atoms with van der Waals surface area (Å²) in [5, 5.41) is 0. The fraction of sp³-hybridized carbons (Fsp3) is 0.500. The number of rotatable bonds is 3. The smallest absolute Gasteiger partial charge is 0.323 e. The molecule has 2 unspecified atom stereocenters. The van der Waals surface area contributed by atoms with Gasteiger partial charge >= 0.3 is 11.9 Å². The first-order valence-corrected chi connectivity index (χ1v) is 8.53. The molecule has 4 heteroatoms. The summed E-state index contributed by atoms with van der Waals surface area (Å²) in [5.41, 5.74) is 0.0156. The van der Waals surface area contributed by atoms with Crippen LogP contribution in [-0.2, 0) is 19.1 Å². The van der Waals surface area contributed by atoms with Crippen LogP contribution in [0.3, 0.4) is 0 Å². The van der Waals surface area contributed by atoms with E-state index in [-0.39, 0.29) is 17.8 Å². The van der Waals surface area contributed by atoms with Crippen LogP contribution in [0.15, 0.2) is 42.5 Å². The zero-order valence-electron chi connectivity index (χ0n) is 14.0. The van der Waals surface area contributed by atoms with Gasteiger partial charge in [0, 0.05) is 0 Å². The maximum Gasteiger partial charge on any atom is 0.323 e. The molecular weight excluding hydrogens is 304 g/mol. The van der Waals surface area contributed by atoms with Crippen molar-refractivity contribution >= 4 is 11.9 Å². The molecule has 0 aliphatic heterocycles. The van der Waals surface area contributed by atoms with E-state index in [0.717, 1.165) is 6.42 Å². The molecule has 0 heterocycles. The summed E-state index contributed by atoms with van der Waals surface area (Å²) in [6.07, 6.45) is 5.95. The number of esters is 2. The predicted molar refractivity (Wildman–Crippen MR) is 88.0 cm³/mol. The van der Waals surface area contributed by atoms with Gasteiger partial charge in [-0.2, -0.15) is 0 Å². The summed E-state index contributed by atoms with van der Waals surface area (Å²) in [6, 6.07) is 10.2. The average molecular weight is 326 g/mol. The second kappa shape index (κ2) is 5.47. The average Bonchev–Trinajstić information content (AvgIpc) is 3.32. The minimum absolute atomic E-state index is 0.0300. The van der Waals surface area contributed by atoms with Gasteiger partial charge in [0.05, 0.1) is 14.2 Å². The Morgan fingerprint density at radius 1 is 1.00 bits per heavy atom. The van der Waals surface area contributed by atoms with Crippen LogP contribution in [0.5, 0.6) is 0 Å². The fourth-order valence-corrected chi connectivity index (χ4v) is 5.65. The third kappa shape index (κ3) is 1.86. The summed E-state index contributed by atoms with van der Waals surface area (Å²) < 4.78 is 10.2. The summed E-state index contributed by atoms with van der Waals surface area (Å²) in [5.74, 6) is 0.244. The molecule has 0 spiro atoms. The van der Waals surface area contributed by atoms with Crippen LogP contribution >= 0.6 is 0 Å². The first-order valence-electron chi connectivity index (χ1n) is 8.53. The number of hydrogen-bond acceptors (Lipinski definition) is 4. The van der Waals surface area contributed by atoms with Gasteiger partial charge in [-0.15, -0.1) is 0 Å². The van der Waals surface area contributed by atoms with Crippen molar-refractivity contribution < 1.29 is 19.1 Å². The maximum absolute atomic E-state index is 12.8. The van der Waals surface area contributed by atoms with Gasteiger partial charge in [0.2, 0.25) is 0 Å². The van der Waals surface area contributed by atoms with Crippen LogP contribution in [0.1, 0.15) is 24.3 Å². The summed E-state index contributed by atoms with van der Waals surface area (Å²) in [4.78, 5) is 25.6. The molecule has 0 aromatic heterocycles. The molecule has 4 nitrogen and oxygen atoms in total. The van der Waals surface area contributed by atoms with Gasteiger partial charge in [-0.05, 0) is 48.0 Å². The van der Waals surface area contributed by atoms with E-state index in [2.05, 4.69) is 24.3 Å². The van der Waals surface area contributed by atoms with Crippen LogP contribution in [0, 0.1) is 29.1 Å². The lowest BCUT2D eigenvalue weighted by Gasteiger charge is -2.33. The maximum atomic E-state index is 12.8. The first kappa shape index (κ1) is 15.4. The quantitative estimate of drug-likeness (QED) is 0.487. The Hall–Kier alpha value is -2.10. The Labute approximate surface area is 141 Å². The Bertz CT molecular complexity index is 677. The van der Waals surface area contributed by atoms with E-state index in [1.54, 1.807) is 0 Å². The summed E-state index contributed by atoms with van der Waals surface area (Å²) in [7, 11) is 2.72. The van der Waals surface area contributed by atoms with Crippen LogP contribution in [0.25, 0.3) is 0 Å². The summed E-state index contributed by atoms with van der Waals surface area (Å²) in [6.45, 7) is 0. The highest BCUT2D eigenvalue weighted by molar-refractivity contribution is 6.01. The number of benzene rings is 1. The number of ether oxygens (including phenoxy) is 2. The van der Waals surface area contributed by atoms with Gasteiger partial charge in [0.1, 0.15) is 0 Å². The lowest BCUT2D eigenvalue weighted by molar-refractivity contribution is -0.173. The molecule has 0 radical (unpaired) electrons. The molecule has 4 rings (SSSR count). The van der Waals surface area contributed by atoms with Crippen LogP contribution in [0.2, 0.25) is 0 Å². The van der Waals surface area contributed by atoms with Crippen molar-refractivity contribution in [1.82, 2.24) is 0 Å². The first-order chi connectivity index (χ1) is 11.6. The van der Waals surface area contributed by atoms with Crippen molar-refractivity contribution in [2.24, 2.45) is 29.1 Å². The van der Waals surface area contributed by atoms with Crippen LogP contribution < -0.4 is 0 Å². The van der Waals surface area contributed by atoms with Crippen molar-refractivity contribution in [2.75, 3.05) is 14.2 Å². The zero-order chi connectivity index (χ0) is 16.9. The van der Waals surface area contributed by atoms with Crippen molar-refractivity contribution in [3.05, 3.63) is 48.0 Å². The standard InChI is InChI=1S/C20H22O4/c1-23-18(21)20(19(22)24-2)11-15(12-6-4-3-5-7-12)16-13-8-9-14(10-13)17(16)20/h3-9,13-17H,10-11H2,1-2H3/t13?,14?,15-,16-,17-/m1/s1. The number of methoxy groups -OCH3 is 2. The molecule has 1 aromatic rings. The van der Waals surface area contributed by atoms with Crippen LogP contribution in [-0.4, -0.2) is 26.2 Å². The molecule has 2 saturated carbocycles. The molecule has 0 N–H and O–H groups in total. The minimum atomic E-state index is -1.18. The van der Waals surface area contributed by atoms with Crippen molar-refractivity contribution in [3.63, 3.8) is 0 Å². The zero-order valence-corrected chi connectivity index (χ0v) is 14.0. The SMILES string of the molecule is COC(=O)C1(C(=O)OC)C[C@H](c2ccccc2)[C@H]2C3C=CC(C3)[C@H]21. The van der Waals surface area contributed by atoms with Gasteiger partial charge in [0.15, 0.2) is 5.41 Å². The van der Waals surface area contributed by atoms with Crippen molar-refractivity contribution in [2.45, 2.75) is 18.8 Å². The number of carbonyl (C=O) groups is 2. The Kier molecular flexibility index (Phi) is 3.52. The van der Waals surface area contributed by atoms with Gasteiger partial charge < -0.3 is 9.47 Å². The van der Waals surface area contributed by atoms with E-state index in [1.165, 1.54) is 19.8 Å². The normalized spacial score (nSPS) is 34.8. The number of hydrogen-bond donors (Lipinski definition) is 0. The van der Waals surface area contributed by atoms with E-state index in [9.17, 15) is 9.59 Å². The highest BCUT2D eigenvalue weighted by Crippen LogP contribution is 2.67. The van der Waals surface area contributed by atoms with Gasteiger partial charge in [-0.25, -0.2) is 0 Å². The molecule has 2 fully saturated rings. The Morgan fingerprint density at radius 2 is 1.62 bits per heavy atom. The lowest BCUT2D eigenvalue weighted by atomic mass is 9.70. The van der Waals surface area contributed by atoms with Crippen molar-refractivity contribution in [1.29, 1.82) is 0 Å². The van der Waals surface area contributed by atoms with E-state index < -0.39 is 17.4 Å². The molecule has 0 amide bonds. The molecule has 2 bridgehead atoms. The van der Waals surface area contributed by atoms with Gasteiger partial charge in [-0.3, -0.25) is 9.59 Å². The highest BCUT2D eigenvalue weighted by Gasteiger charge is 2.69. The molecule has 3 aliphatic rings. The number of carbonyl (C=O) groups excluding carboxylic acids is 2. The topological polar surface area (TPSA) is 52.6 Å². The second-order valence-electron chi connectivity index (χ2n) is 7.23. The molecule has 1 aromatic carbocycles. The van der Waals surface area contributed by atoms with E-state index >= 15 is 0 Å². The third-order valence-electron chi connectivity index (χ3n) is 6.42. The van der Waals surface area contributed by atoms with E-state index in [1.807, 2.05) is 18.2 Å². The monoisotopic (exact) mass is 326 g/mol.